The maximum atomic E-state index is 12.2. The van der Waals surface area contributed by atoms with Gasteiger partial charge >= 0.3 is 5.63 Å². The summed E-state index contributed by atoms with van der Waals surface area (Å²) in [5.41, 5.74) is 0.734. The van der Waals surface area contributed by atoms with Crippen molar-refractivity contribution in [3.63, 3.8) is 0 Å². The molecule has 0 aliphatic rings. The molecule has 0 radical (unpaired) electrons. The third kappa shape index (κ3) is 3.72. The lowest BCUT2D eigenvalue weighted by atomic mass is 10.2. The predicted molar refractivity (Wildman–Crippen MR) is 94.1 cm³/mol. The molecule has 0 aliphatic heterocycles. The predicted octanol–water partition coefficient (Wildman–Crippen LogP) is 2.62. The largest absolute Gasteiger partial charge is 0.489 e. The molecule has 1 heterocycles. The quantitative estimate of drug-likeness (QED) is 0.655. The normalized spacial score (nSPS) is 11.8. The van der Waals surface area contributed by atoms with E-state index in [0.29, 0.717) is 11.3 Å². The van der Waals surface area contributed by atoms with Crippen molar-refractivity contribution >= 4 is 21.0 Å². The Morgan fingerprint density at radius 3 is 2.56 bits per heavy atom. The van der Waals surface area contributed by atoms with Gasteiger partial charge in [0.1, 0.15) is 17.9 Å². The maximum absolute atomic E-state index is 12.2. The summed E-state index contributed by atoms with van der Waals surface area (Å²) < 4.78 is 36.3. The molecular weight excluding hydrogens is 342 g/mol. The summed E-state index contributed by atoms with van der Waals surface area (Å²) in [5.74, 6) is 0.530. The Morgan fingerprint density at radius 2 is 1.80 bits per heavy atom. The third-order valence-corrected chi connectivity index (χ3v) is 5.49. The number of nitrogens with zero attached hydrogens (tertiary/aromatic N) is 1. The first kappa shape index (κ1) is 17.2. The van der Waals surface area contributed by atoms with E-state index in [1.807, 2.05) is 0 Å². The maximum Gasteiger partial charge on any atom is 0.336 e. The van der Waals surface area contributed by atoms with E-state index in [9.17, 15) is 13.2 Å². The number of sulfonamides is 1. The fraction of sp³-hybridized carbons (Fsp3) is 0.167. The van der Waals surface area contributed by atoms with Crippen LogP contribution in [0.2, 0.25) is 0 Å². The first-order chi connectivity index (χ1) is 11.9. The van der Waals surface area contributed by atoms with E-state index < -0.39 is 15.6 Å². The minimum Gasteiger partial charge on any atom is -0.489 e. The second kappa shape index (κ2) is 6.70. The lowest BCUT2D eigenvalue weighted by Gasteiger charge is -2.12. The number of benzene rings is 2. The Hall–Kier alpha value is -2.64. The zero-order chi connectivity index (χ0) is 18.0. The Balaban J connectivity index is 1.81. The highest BCUT2D eigenvalue weighted by molar-refractivity contribution is 7.89. The molecule has 0 unspecified atom stereocenters. The molecule has 0 fully saturated rings. The molecule has 25 heavy (non-hydrogen) atoms. The monoisotopic (exact) mass is 359 g/mol. The van der Waals surface area contributed by atoms with Crippen molar-refractivity contribution in [2.75, 3.05) is 14.1 Å². The molecule has 0 saturated heterocycles. The van der Waals surface area contributed by atoms with Gasteiger partial charge in [-0.1, -0.05) is 12.1 Å². The van der Waals surface area contributed by atoms with E-state index in [0.717, 1.165) is 15.3 Å². The van der Waals surface area contributed by atoms with Crippen LogP contribution in [0.1, 0.15) is 5.56 Å². The number of fused-ring (bicyclic) bond motifs is 1. The van der Waals surface area contributed by atoms with Crippen LogP contribution >= 0.6 is 0 Å². The Bertz CT molecular complexity index is 1070. The van der Waals surface area contributed by atoms with Gasteiger partial charge in [0.25, 0.3) is 0 Å². The second-order valence-corrected chi connectivity index (χ2v) is 7.83. The van der Waals surface area contributed by atoms with Crippen LogP contribution in [-0.2, 0) is 16.6 Å². The summed E-state index contributed by atoms with van der Waals surface area (Å²) in [6, 6.07) is 14.8. The molecule has 0 atom stereocenters. The smallest absolute Gasteiger partial charge is 0.336 e. The number of ether oxygens (including phenoxy) is 1. The fourth-order valence-corrected chi connectivity index (χ4v) is 3.28. The van der Waals surface area contributed by atoms with Crippen molar-refractivity contribution in [3.05, 3.63) is 70.6 Å². The molecule has 3 rings (SSSR count). The van der Waals surface area contributed by atoms with Crippen molar-refractivity contribution in [1.29, 1.82) is 0 Å². The Kier molecular flexibility index (Phi) is 4.61. The Labute approximate surface area is 145 Å². The summed E-state index contributed by atoms with van der Waals surface area (Å²) >= 11 is 0. The van der Waals surface area contributed by atoms with Gasteiger partial charge < -0.3 is 9.15 Å². The van der Waals surface area contributed by atoms with Crippen molar-refractivity contribution in [1.82, 2.24) is 4.31 Å². The average molecular weight is 359 g/mol. The zero-order valence-corrected chi connectivity index (χ0v) is 14.6. The second-order valence-electron chi connectivity index (χ2n) is 5.68. The zero-order valence-electron chi connectivity index (χ0n) is 13.8. The van der Waals surface area contributed by atoms with Gasteiger partial charge in [0.15, 0.2) is 0 Å². The van der Waals surface area contributed by atoms with E-state index >= 15 is 0 Å². The molecule has 0 aliphatic carbocycles. The van der Waals surface area contributed by atoms with Gasteiger partial charge in [0.2, 0.25) is 10.0 Å². The number of hydrogen-bond acceptors (Lipinski definition) is 5. The van der Waals surface area contributed by atoms with Crippen LogP contribution in [0.4, 0.5) is 0 Å². The first-order valence-electron chi connectivity index (χ1n) is 7.54. The summed E-state index contributed by atoms with van der Waals surface area (Å²) in [7, 11) is -0.513. The molecule has 0 saturated carbocycles. The van der Waals surface area contributed by atoms with E-state index in [-0.39, 0.29) is 11.5 Å². The van der Waals surface area contributed by atoms with Crippen LogP contribution < -0.4 is 10.4 Å². The van der Waals surface area contributed by atoms with Crippen LogP contribution in [-0.4, -0.2) is 26.8 Å². The summed E-state index contributed by atoms with van der Waals surface area (Å²) in [6.07, 6.45) is 0. The highest BCUT2D eigenvalue weighted by Gasteiger charge is 2.17. The summed E-state index contributed by atoms with van der Waals surface area (Å²) in [6.45, 7) is 0.194. The van der Waals surface area contributed by atoms with Gasteiger partial charge in [0.05, 0.1) is 4.90 Å². The van der Waals surface area contributed by atoms with Crippen molar-refractivity contribution in [2.45, 2.75) is 11.5 Å². The number of hydrogen-bond donors (Lipinski definition) is 0. The molecule has 130 valence electrons. The van der Waals surface area contributed by atoms with Crippen LogP contribution in [0, 0.1) is 0 Å². The molecule has 2 aromatic carbocycles. The van der Waals surface area contributed by atoms with Gasteiger partial charge in [-0.25, -0.2) is 17.5 Å². The number of rotatable bonds is 5. The van der Waals surface area contributed by atoms with Crippen LogP contribution in [0.15, 0.2) is 68.7 Å². The van der Waals surface area contributed by atoms with Gasteiger partial charge in [-0.05, 0) is 35.9 Å². The minimum atomic E-state index is -3.49. The van der Waals surface area contributed by atoms with Gasteiger partial charge in [-0.3, -0.25) is 0 Å². The summed E-state index contributed by atoms with van der Waals surface area (Å²) in [4.78, 5) is 11.5. The van der Waals surface area contributed by atoms with Gasteiger partial charge in [-0.2, -0.15) is 0 Å². The highest BCUT2D eigenvalue weighted by Crippen LogP contribution is 2.21. The molecule has 3 aromatic rings. The van der Waals surface area contributed by atoms with Gasteiger partial charge in [0, 0.05) is 31.6 Å². The van der Waals surface area contributed by atoms with Crippen LogP contribution in [0.25, 0.3) is 11.0 Å². The molecule has 1 aromatic heterocycles. The Morgan fingerprint density at radius 1 is 1.04 bits per heavy atom. The third-order valence-electron chi connectivity index (χ3n) is 3.68. The highest BCUT2D eigenvalue weighted by atomic mass is 32.2. The lowest BCUT2D eigenvalue weighted by Crippen LogP contribution is -2.22. The van der Waals surface area contributed by atoms with Crippen molar-refractivity contribution in [3.8, 4) is 5.75 Å². The first-order valence-corrected chi connectivity index (χ1v) is 8.98. The average Bonchev–Trinajstić information content (AvgIpc) is 2.59. The summed E-state index contributed by atoms with van der Waals surface area (Å²) in [5, 5.41) is 0.797. The van der Waals surface area contributed by atoms with Crippen LogP contribution in [0.5, 0.6) is 5.75 Å². The molecule has 0 bridgehead atoms. The molecule has 6 nitrogen and oxygen atoms in total. The molecule has 0 N–H and O–H groups in total. The molecule has 7 heteroatoms. The molecule has 0 spiro atoms. The SMILES string of the molecule is CN(C)S(=O)(=O)c1cccc(COc2ccc3ccc(=O)oc3c2)c1. The minimum absolute atomic E-state index is 0.194. The van der Waals surface area contributed by atoms with E-state index in [1.165, 1.54) is 20.2 Å². The molecule has 0 amide bonds. The van der Waals surface area contributed by atoms with Crippen LogP contribution in [0.3, 0.4) is 0 Å². The van der Waals surface area contributed by atoms with E-state index in [2.05, 4.69) is 0 Å². The van der Waals surface area contributed by atoms with E-state index in [4.69, 9.17) is 9.15 Å². The topological polar surface area (TPSA) is 76.8 Å². The van der Waals surface area contributed by atoms with Gasteiger partial charge in [-0.15, -0.1) is 0 Å². The lowest BCUT2D eigenvalue weighted by molar-refractivity contribution is 0.306. The fourth-order valence-electron chi connectivity index (χ4n) is 2.30. The van der Waals surface area contributed by atoms with E-state index in [1.54, 1.807) is 48.5 Å². The standard InChI is InChI=1S/C18H17NO5S/c1-19(2)25(21,22)16-5-3-4-13(10-16)12-23-15-8-6-14-7-9-18(20)24-17(14)11-15/h3-11H,12H2,1-2H3. The van der Waals surface area contributed by atoms with Crippen molar-refractivity contribution < 1.29 is 17.6 Å². The molecular formula is C18H17NO5S. The van der Waals surface area contributed by atoms with Crippen molar-refractivity contribution in [2.24, 2.45) is 0 Å².